The molecule has 0 radical (unpaired) electrons. The molecule has 2 unspecified atom stereocenters. The number of aliphatic hydroxyl groups excluding tert-OH is 1. The molecule has 2 aromatic rings. The Morgan fingerprint density at radius 3 is 2.09 bits per heavy atom. The SMILES string of the molecule is CCC(C(C)F)N1CCC(COc2ccc(-c3ccc(C(=O)N4CCC(O)CC4)cc3)cc2)CC1. The molecule has 0 aliphatic carbocycles. The lowest BCUT2D eigenvalue weighted by Crippen LogP contribution is -2.45. The lowest BCUT2D eigenvalue weighted by atomic mass is 9.95. The second-order valence-corrected chi connectivity index (χ2v) is 10.1. The molecule has 1 amide bonds. The average molecular weight is 483 g/mol. The van der Waals surface area contributed by atoms with Crippen molar-refractivity contribution in [2.45, 2.75) is 64.3 Å². The summed E-state index contributed by atoms with van der Waals surface area (Å²) < 4.78 is 19.9. The molecule has 35 heavy (non-hydrogen) atoms. The molecule has 4 rings (SSSR count). The Kier molecular flexibility index (Phi) is 8.79. The van der Waals surface area contributed by atoms with E-state index in [1.165, 1.54) is 0 Å². The summed E-state index contributed by atoms with van der Waals surface area (Å²) in [5.41, 5.74) is 2.82. The first-order valence-corrected chi connectivity index (χ1v) is 13.1. The summed E-state index contributed by atoms with van der Waals surface area (Å²) in [7, 11) is 0. The highest BCUT2D eigenvalue weighted by molar-refractivity contribution is 5.94. The van der Waals surface area contributed by atoms with Gasteiger partial charge >= 0.3 is 0 Å². The van der Waals surface area contributed by atoms with Crippen molar-refractivity contribution in [2.24, 2.45) is 5.92 Å². The number of aliphatic hydroxyl groups is 1. The minimum absolute atomic E-state index is 0.0300. The summed E-state index contributed by atoms with van der Waals surface area (Å²) in [5, 5.41) is 9.65. The zero-order valence-corrected chi connectivity index (χ0v) is 21.0. The summed E-state index contributed by atoms with van der Waals surface area (Å²) in [5.74, 6) is 1.40. The molecule has 2 heterocycles. The standard InChI is InChI=1S/C29H39FN2O3/c1-3-28(21(2)30)31-16-12-22(13-17-31)20-35-27-10-8-24(9-11-27)23-4-6-25(7-5-23)29(34)32-18-14-26(33)15-19-32/h4-11,21-22,26,28,33H,3,12-20H2,1-2H3. The van der Waals surface area contributed by atoms with Crippen LogP contribution in [0.2, 0.25) is 0 Å². The van der Waals surface area contributed by atoms with Crippen molar-refractivity contribution in [1.82, 2.24) is 9.80 Å². The second-order valence-electron chi connectivity index (χ2n) is 10.1. The van der Waals surface area contributed by atoms with Crippen molar-refractivity contribution < 1.29 is 19.0 Å². The van der Waals surface area contributed by atoms with Gasteiger partial charge in [-0.3, -0.25) is 9.69 Å². The second kappa shape index (κ2) is 12.0. The van der Waals surface area contributed by atoms with Crippen molar-refractivity contribution >= 4 is 5.91 Å². The zero-order chi connectivity index (χ0) is 24.8. The van der Waals surface area contributed by atoms with Crippen molar-refractivity contribution in [3.63, 3.8) is 0 Å². The van der Waals surface area contributed by atoms with Gasteiger partial charge in [0.1, 0.15) is 11.9 Å². The highest BCUT2D eigenvalue weighted by Crippen LogP contribution is 2.26. The number of hydrogen-bond donors (Lipinski definition) is 1. The largest absolute Gasteiger partial charge is 0.493 e. The average Bonchev–Trinajstić information content (AvgIpc) is 2.89. The Hall–Kier alpha value is -2.44. The number of likely N-dealkylation sites (tertiary alicyclic amines) is 2. The molecular weight excluding hydrogens is 443 g/mol. The van der Waals surface area contributed by atoms with E-state index in [0.717, 1.165) is 49.2 Å². The van der Waals surface area contributed by atoms with Gasteiger partial charge in [-0.25, -0.2) is 4.39 Å². The van der Waals surface area contributed by atoms with Gasteiger partial charge in [-0.15, -0.1) is 0 Å². The van der Waals surface area contributed by atoms with Crippen molar-refractivity contribution in [3.05, 3.63) is 54.1 Å². The fraction of sp³-hybridized carbons (Fsp3) is 0.552. The number of amides is 1. The smallest absolute Gasteiger partial charge is 0.253 e. The minimum Gasteiger partial charge on any atom is -0.493 e. The number of alkyl halides is 1. The van der Waals surface area contributed by atoms with Crippen LogP contribution in [0.1, 0.15) is 56.3 Å². The molecule has 0 saturated carbocycles. The normalized spacial score (nSPS) is 19.9. The fourth-order valence-electron chi connectivity index (χ4n) is 5.34. The maximum atomic E-state index is 13.8. The first kappa shape index (κ1) is 25.6. The summed E-state index contributed by atoms with van der Waals surface area (Å²) in [6, 6.07) is 15.9. The summed E-state index contributed by atoms with van der Waals surface area (Å²) in [4.78, 5) is 16.8. The molecule has 2 aliphatic rings. The van der Waals surface area contributed by atoms with E-state index in [9.17, 15) is 14.3 Å². The van der Waals surface area contributed by atoms with Gasteiger partial charge in [0.2, 0.25) is 0 Å². The summed E-state index contributed by atoms with van der Waals surface area (Å²) >= 11 is 0. The molecule has 1 N–H and O–H groups in total. The van der Waals surface area contributed by atoms with E-state index in [1.807, 2.05) is 41.3 Å². The molecular formula is C29H39FN2O3. The number of piperidine rings is 2. The van der Waals surface area contributed by atoms with E-state index in [1.54, 1.807) is 6.92 Å². The van der Waals surface area contributed by atoms with Crippen LogP contribution in [-0.4, -0.2) is 71.9 Å². The minimum atomic E-state index is -0.785. The molecule has 0 spiro atoms. The van der Waals surface area contributed by atoms with Crippen LogP contribution in [0.4, 0.5) is 4.39 Å². The number of carbonyl (C=O) groups is 1. The monoisotopic (exact) mass is 482 g/mol. The Morgan fingerprint density at radius 2 is 1.54 bits per heavy atom. The number of carbonyl (C=O) groups excluding carboxylic acids is 1. The maximum Gasteiger partial charge on any atom is 0.253 e. The van der Waals surface area contributed by atoms with Crippen LogP contribution in [0.5, 0.6) is 5.75 Å². The van der Waals surface area contributed by atoms with Gasteiger partial charge in [0.05, 0.1) is 12.7 Å². The number of benzene rings is 2. The molecule has 2 aromatic carbocycles. The predicted molar refractivity (Wildman–Crippen MR) is 137 cm³/mol. The summed E-state index contributed by atoms with van der Waals surface area (Å²) in [6.45, 7) is 7.53. The van der Waals surface area contributed by atoms with Gasteiger partial charge in [0.25, 0.3) is 5.91 Å². The highest BCUT2D eigenvalue weighted by atomic mass is 19.1. The Balaban J connectivity index is 1.26. The lowest BCUT2D eigenvalue weighted by Gasteiger charge is -2.37. The van der Waals surface area contributed by atoms with Crippen molar-refractivity contribution in [3.8, 4) is 16.9 Å². The first-order chi connectivity index (χ1) is 16.9. The number of halogens is 1. The highest BCUT2D eigenvalue weighted by Gasteiger charge is 2.27. The third kappa shape index (κ3) is 6.62. The molecule has 0 aromatic heterocycles. The third-order valence-corrected chi connectivity index (χ3v) is 7.62. The Bertz CT molecular complexity index is 931. The van der Waals surface area contributed by atoms with Gasteiger partial charge in [0.15, 0.2) is 0 Å². The van der Waals surface area contributed by atoms with Crippen LogP contribution in [0.3, 0.4) is 0 Å². The number of nitrogens with zero attached hydrogens (tertiary/aromatic N) is 2. The van der Waals surface area contributed by atoms with E-state index >= 15 is 0 Å². The van der Waals surface area contributed by atoms with E-state index in [2.05, 4.69) is 24.0 Å². The van der Waals surface area contributed by atoms with E-state index in [4.69, 9.17) is 4.74 Å². The quantitative estimate of drug-likeness (QED) is 0.564. The molecule has 5 nitrogen and oxygen atoms in total. The van der Waals surface area contributed by atoms with Gasteiger partial charge < -0.3 is 14.7 Å². The van der Waals surface area contributed by atoms with E-state index in [-0.39, 0.29) is 18.1 Å². The summed E-state index contributed by atoms with van der Waals surface area (Å²) in [6.07, 6.45) is 3.17. The van der Waals surface area contributed by atoms with Crippen molar-refractivity contribution in [1.29, 1.82) is 0 Å². The zero-order valence-electron chi connectivity index (χ0n) is 21.0. The lowest BCUT2D eigenvalue weighted by molar-refractivity contribution is 0.0546. The van der Waals surface area contributed by atoms with Gasteiger partial charge in [-0.2, -0.15) is 0 Å². The number of rotatable bonds is 8. The van der Waals surface area contributed by atoms with Gasteiger partial charge in [0, 0.05) is 24.7 Å². The Morgan fingerprint density at radius 1 is 0.971 bits per heavy atom. The molecule has 0 bridgehead atoms. The number of ether oxygens (including phenoxy) is 1. The molecule has 6 heteroatoms. The molecule has 2 fully saturated rings. The van der Waals surface area contributed by atoms with Gasteiger partial charge in [-0.1, -0.05) is 31.2 Å². The molecule has 2 saturated heterocycles. The topological polar surface area (TPSA) is 53.0 Å². The number of hydrogen-bond acceptors (Lipinski definition) is 4. The fourth-order valence-corrected chi connectivity index (χ4v) is 5.34. The van der Waals surface area contributed by atoms with Crippen LogP contribution < -0.4 is 4.74 Å². The predicted octanol–water partition coefficient (Wildman–Crippen LogP) is 5.18. The molecule has 2 atom stereocenters. The van der Waals surface area contributed by atoms with Crippen molar-refractivity contribution in [2.75, 3.05) is 32.8 Å². The van der Waals surface area contributed by atoms with Crippen LogP contribution in [-0.2, 0) is 0 Å². The van der Waals surface area contributed by atoms with E-state index < -0.39 is 6.17 Å². The third-order valence-electron chi connectivity index (χ3n) is 7.62. The van der Waals surface area contributed by atoms with Crippen LogP contribution in [0, 0.1) is 5.92 Å². The van der Waals surface area contributed by atoms with Crippen LogP contribution in [0.25, 0.3) is 11.1 Å². The van der Waals surface area contributed by atoms with Gasteiger partial charge in [-0.05, 0) is 93.4 Å². The van der Waals surface area contributed by atoms with Crippen LogP contribution in [0.15, 0.2) is 48.5 Å². The van der Waals surface area contributed by atoms with E-state index in [0.29, 0.717) is 44.0 Å². The van der Waals surface area contributed by atoms with Crippen LogP contribution >= 0.6 is 0 Å². The molecule has 2 aliphatic heterocycles. The maximum absolute atomic E-state index is 13.8. The Labute approximate surface area is 208 Å². The first-order valence-electron chi connectivity index (χ1n) is 13.1. The molecule has 190 valence electrons.